The van der Waals surface area contributed by atoms with Gasteiger partial charge in [-0.15, -0.1) is 0 Å². The predicted octanol–water partition coefficient (Wildman–Crippen LogP) is 2.44. The lowest BCUT2D eigenvalue weighted by atomic mass is 10.2. The van der Waals surface area contributed by atoms with E-state index >= 15 is 0 Å². The van der Waals surface area contributed by atoms with Crippen molar-refractivity contribution < 1.29 is 13.6 Å². The summed E-state index contributed by atoms with van der Waals surface area (Å²) in [6.45, 7) is 2.00. The van der Waals surface area contributed by atoms with Gasteiger partial charge in [0.25, 0.3) is 6.43 Å². The SMILES string of the molecule is C=O.FC(F)c1ccccc1. The second kappa shape index (κ2) is 5.53. The van der Waals surface area contributed by atoms with Crippen molar-refractivity contribution in [1.29, 1.82) is 0 Å². The van der Waals surface area contributed by atoms with Crippen LogP contribution in [-0.4, -0.2) is 6.79 Å². The number of alkyl halides is 2. The molecule has 0 atom stereocenters. The van der Waals surface area contributed by atoms with Crippen LogP contribution in [0, 0.1) is 0 Å². The molecule has 0 unspecified atom stereocenters. The Morgan fingerprint density at radius 2 is 1.55 bits per heavy atom. The van der Waals surface area contributed by atoms with E-state index in [-0.39, 0.29) is 5.56 Å². The molecule has 0 bridgehead atoms. The summed E-state index contributed by atoms with van der Waals surface area (Å²) in [6, 6.07) is 7.73. The van der Waals surface area contributed by atoms with E-state index in [2.05, 4.69) is 0 Å². The van der Waals surface area contributed by atoms with Gasteiger partial charge in [0.15, 0.2) is 0 Å². The summed E-state index contributed by atoms with van der Waals surface area (Å²) in [6.07, 6.45) is -2.34. The number of benzene rings is 1. The van der Waals surface area contributed by atoms with Gasteiger partial charge in [0.1, 0.15) is 6.79 Å². The van der Waals surface area contributed by atoms with E-state index in [1.807, 2.05) is 6.79 Å². The van der Waals surface area contributed by atoms with Crippen LogP contribution in [0.5, 0.6) is 0 Å². The Labute approximate surface area is 63.7 Å². The standard InChI is InChI=1S/C7H6F2.CH2O/c8-7(9)6-4-2-1-3-5-6;1-2/h1-5,7H;1H2. The molecule has 0 aromatic heterocycles. The highest BCUT2D eigenvalue weighted by atomic mass is 19.3. The largest absolute Gasteiger partial charge is 0.307 e. The zero-order chi connectivity index (χ0) is 8.69. The smallest absolute Gasteiger partial charge is 0.263 e. The van der Waals surface area contributed by atoms with Gasteiger partial charge in [0.2, 0.25) is 0 Å². The van der Waals surface area contributed by atoms with Crippen LogP contribution in [0.4, 0.5) is 8.78 Å². The van der Waals surface area contributed by atoms with Gasteiger partial charge in [-0.3, -0.25) is 0 Å². The maximum atomic E-state index is 11.8. The molecule has 0 radical (unpaired) electrons. The number of carbonyl (C=O) groups excluding carboxylic acids is 1. The third-order valence-corrected chi connectivity index (χ3v) is 1.05. The molecule has 11 heavy (non-hydrogen) atoms. The second-order valence-corrected chi connectivity index (χ2v) is 1.71. The Balaban J connectivity index is 0.000000461. The van der Waals surface area contributed by atoms with Crippen LogP contribution < -0.4 is 0 Å². The summed E-state index contributed by atoms with van der Waals surface area (Å²) >= 11 is 0. The summed E-state index contributed by atoms with van der Waals surface area (Å²) in [5, 5.41) is 0. The summed E-state index contributed by atoms with van der Waals surface area (Å²) in [5.41, 5.74) is 0.0810. The Kier molecular flexibility index (Phi) is 4.90. The molecule has 0 N–H and O–H groups in total. The molecule has 1 rings (SSSR count). The average Bonchev–Trinajstić information content (AvgIpc) is 2.10. The quantitative estimate of drug-likeness (QED) is 0.613. The van der Waals surface area contributed by atoms with Gasteiger partial charge in [-0.1, -0.05) is 30.3 Å². The van der Waals surface area contributed by atoms with Gasteiger partial charge < -0.3 is 4.79 Å². The van der Waals surface area contributed by atoms with Crippen LogP contribution in [0.1, 0.15) is 12.0 Å². The molecule has 0 fully saturated rings. The predicted molar refractivity (Wildman–Crippen MR) is 38.5 cm³/mol. The Bertz CT molecular complexity index is 187. The normalized spacial score (nSPS) is 8.64. The summed E-state index contributed by atoms with van der Waals surface area (Å²) in [4.78, 5) is 8.00. The average molecular weight is 158 g/mol. The van der Waals surface area contributed by atoms with Crippen LogP contribution in [0.3, 0.4) is 0 Å². The molecule has 1 nitrogen and oxygen atoms in total. The third-order valence-electron chi connectivity index (χ3n) is 1.05. The molecular weight excluding hydrogens is 150 g/mol. The van der Waals surface area contributed by atoms with E-state index < -0.39 is 6.43 Å². The maximum Gasteiger partial charge on any atom is 0.263 e. The molecule has 0 saturated carbocycles. The first-order valence-electron chi connectivity index (χ1n) is 2.92. The Morgan fingerprint density at radius 1 is 1.09 bits per heavy atom. The van der Waals surface area contributed by atoms with Crippen LogP contribution in [-0.2, 0) is 4.79 Å². The van der Waals surface area contributed by atoms with E-state index in [0.29, 0.717) is 0 Å². The lowest BCUT2D eigenvalue weighted by molar-refractivity contribution is -0.0979. The summed E-state index contributed by atoms with van der Waals surface area (Å²) in [7, 11) is 0. The fourth-order valence-corrected chi connectivity index (χ4v) is 0.599. The molecule has 0 aliphatic rings. The minimum absolute atomic E-state index is 0.0810. The van der Waals surface area contributed by atoms with Crippen LogP contribution in [0.25, 0.3) is 0 Å². The first-order valence-corrected chi connectivity index (χ1v) is 2.92. The second-order valence-electron chi connectivity index (χ2n) is 1.71. The van der Waals surface area contributed by atoms with Gasteiger partial charge in [0, 0.05) is 5.56 Å². The number of hydrogen-bond donors (Lipinski definition) is 0. The maximum absolute atomic E-state index is 11.8. The van der Waals surface area contributed by atoms with Crippen molar-refractivity contribution in [2.45, 2.75) is 6.43 Å². The highest BCUT2D eigenvalue weighted by Crippen LogP contribution is 2.16. The molecule has 0 aliphatic carbocycles. The minimum atomic E-state index is -2.34. The molecule has 1 aromatic rings. The molecule has 3 heteroatoms. The monoisotopic (exact) mass is 158 g/mol. The summed E-state index contributed by atoms with van der Waals surface area (Å²) < 4.78 is 23.5. The highest BCUT2D eigenvalue weighted by Gasteiger charge is 2.02. The van der Waals surface area contributed by atoms with Crippen LogP contribution in [0.15, 0.2) is 30.3 Å². The van der Waals surface area contributed by atoms with E-state index in [1.165, 1.54) is 12.1 Å². The van der Waals surface area contributed by atoms with Gasteiger partial charge in [0.05, 0.1) is 0 Å². The van der Waals surface area contributed by atoms with Crippen molar-refractivity contribution in [3.8, 4) is 0 Å². The number of carbonyl (C=O) groups is 1. The number of halogens is 2. The summed E-state index contributed by atoms with van der Waals surface area (Å²) in [5.74, 6) is 0. The first-order chi connectivity index (χ1) is 5.30. The first kappa shape index (κ1) is 9.75. The highest BCUT2D eigenvalue weighted by molar-refractivity contribution is 5.15. The molecule has 0 spiro atoms. The lowest BCUT2D eigenvalue weighted by Crippen LogP contribution is -1.79. The Hall–Kier alpha value is -1.25. The van der Waals surface area contributed by atoms with Gasteiger partial charge in [-0.05, 0) is 0 Å². The molecular formula is C8H8F2O. The fourth-order valence-electron chi connectivity index (χ4n) is 0.599. The van der Waals surface area contributed by atoms with Crippen molar-refractivity contribution in [2.75, 3.05) is 0 Å². The topological polar surface area (TPSA) is 17.1 Å². The van der Waals surface area contributed by atoms with Crippen LogP contribution >= 0.6 is 0 Å². The van der Waals surface area contributed by atoms with Gasteiger partial charge in [-0.25, -0.2) is 8.78 Å². The van der Waals surface area contributed by atoms with Crippen molar-refractivity contribution in [3.05, 3.63) is 35.9 Å². The Morgan fingerprint density at radius 3 is 1.82 bits per heavy atom. The van der Waals surface area contributed by atoms with Crippen molar-refractivity contribution >= 4 is 6.79 Å². The van der Waals surface area contributed by atoms with E-state index in [0.717, 1.165) is 0 Å². The zero-order valence-corrected chi connectivity index (χ0v) is 5.84. The number of hydrogen-bond acceptors (Lipinski definition) is 1. The molecule has 0 saturated heterocycles. The minimum Gasteiger partial charge on any atom is -0.307 e. The van der Waals surface area contributed by atoms with Crippen molar-refractivity contribution in [2.24, 2.45) is 0 Å². The van der Waals surface area contributed by atoms with E-state index in [9.17, 15) is 8.78 Å². The molecule has 0 aliphatic heterocycles. The zero-order valence-electron chi connectivity index (χ0n) is 5.84. The van der Waals surface area contributed by atoms with Crippen molar-refractivity contribution in [1.82, 2.24) is 0 Å². The molecule has 60 valence electrons. The molecule has 0 heterocycles. The van der Waals surface area contributed by atoms with Crippen molar-refractivity contribution in [3.63, 3.8) is 0 Å². The van der Waals surface area contributed by atoms with E-state index in [4.69, 9.17) is 4.79 Å². The van der Waals surface area contributed by atoms with E-state index in [1.54, 1.807) is 18.2 Å². The van der Waals surface area contributed by atoms with Gasteiger partial charge in [-0.2, -0.15) is 0 Å². The van der Waals surface area contributed by atoms with Crippen LogP contribution in [0.2, 0.25) is 0 Å². The third kappa shape index (κ3) is 3.45. The van der Waals surface area contributed by atoms with Gasteiger partial charge >= 0.3 is 0 Å². The lowest BCUT2D eigenvalue weighted by Gasteiger charge is -1.94. The fraction of sp³-hybridized carbons (Fsp3) is 0.125. The number of rotatable bonds is 1. The molecule has 0 amide bonds. The molecule has 1 aromatic carbocycles.